The Morgan fingerprint density at radius 1 is 1.11 bits per heavy atom. The highest BCUT2D eigenvalue weighted by Gasteiger charge is 2.34. The standard InChI is InChI=1S/C15H20ClNO/c16-13-7-5-12(6-8-13)15(11-3-4-11)17-9-14(18)10-1-2-10/h5-8,10-11,14-15,17-18H,1-4,9H2. The molecule has 2 saturated carbocycles. The Hall–Kier alpha value is -0.570. The molecule has 2 nitrogen and oxygen atoms in total. The van der Waals surface area contributed by atoms with E-state index in [1.54, 1.807) is 0 Å². The van der Waals surface area contributed by atoms with E-state index >= 15 is 0 Å². The number of benzene rings is 1. The summed E-state index contributed by atoms with van der Waals surface area (Å²) in [6, 6.07) is 8.48. The highest BCUT2D eigenvalue weighted by molar-refractivity contribution is 6.30. The van der Waals surface area contributed by atoms with Crippen LogP contribution in [-0.4, -0.2) is 17.8 Å². The van der Waals surface area contributed by atoms with Gasteiger partial charge in [0.15, 0.2) is 0 Å². The van der Waals surface area contributed by atoms with Gasteiger partial charge in [0.2, 0.25) is 0 Å². The van der Waals surface area contributed by atoms with Crippen molar-refractivity contribution in [1.29, 1.82) is 0 Å². The molecule has 3 rings (SSSR count). The normalized spacial score (nSPS) is 22.8. The molecule has 0 bridgehead atoms. The van der Waals surface area contributed by atoms with E-state index in [4.69, 9.17) is 11.6 Å². The van der Waals surface area contributed by atoms with Crippen LogP contribution in [0.4, 0.5) is 0 Å². The molecule has 98 valence electrons. The molecule has 0 heterocycles. The Bertz CT molecular complexity index is 397. The fourth-order valence-electron chi connectivity index (χ4n) is 2.55. The molecule has 2 aliphatic rings. The van der Waals surface area contributed by atoms with Crippen molar-refractivity contribution in [3.63, 3.8) is 0 Å². The Labute approximate surface area is 113 Å². The zero-order chi connectivity index (χ0) is 12.5. The predicted molar refractivity (Wildman–Crippen MR) is 73.7 cm³/mol. The zero-order valence-electron chi connectivity index (χ0n) is 10.5. The third-order valence-electron chi connectivity index (χ3n) is 4.04. The summed E-state index contributed by atoms with van der Waals surface area (Å²) >= 11 is 5.93. The van der Waals surface area contributed by atoms with E-state index in [1.807, 2.05) is 12.1 Å². The topological polar surface area (TPSA) is 32.3 Å². The number of nitrogens with one attached hydrogen (secondary N) is 1. The molecule has 0 radical (unpaired) electrons. The Balaban J connectivity index is 1.62. The number of aliphatic hydroxyl groups is 1. The van der Waals surface area contributed by atoms with Crippen LogP contribution in [0.5, 0.6) is 0 Å². The smallest absolute Gasteiger partial charge is 0.0692 e. The summed E-state index contributed by atoms with van der Waals surface area (Å²) in [5.41, 5.74) is 1.30. The van der Waals surface area contributed by atoms with Crippen molar-refractivity contribution in [2.24, 2.45) is 11.8 Å². The first kappa shape index (κ1) is 12.5. The average molecular weight is 266 g/mol. The summed E-state index contributed by atoms with van der Waals surface area (Å²) in [4.78, 5) is 0. The first-order valence-electron chi connectivity index (χ1n) is 6.91. The number of hydrogen-bond acceptors (Lipinski definition) is 2. The molecule has 2 fully saturated rings. The van der Waals surface area contributed by atoms with Crippen LogP contribution in [0.25, 0.3) is 0 Å². The van der Waals surface area contributed by atoms with Gasteiger partial charge in [0.25, 0.3) is 0 Å². The maximum Gasteiger partial charge on any atom is 0.0692 e. The average Bonchev–Trinajstić information content (AvgIpc) is 3.24. The molecule has 1 aromatic rings. The Morgan fingerprint density at radius 3 is 2.28 bits per heavy atom. The van der Waals surface area contributed by atoms with Gasteiger partial charge in [0.1, 0.15) is 0 Å². The zero-order valence-corrected chi connectivity index (χ0v) is 11.2. The summed E-state index contributed by atoms with van der Waals surface area (Å²) in [5, 5.41) is 14.3. The molecular weight excluding hydrogens is 246 g/mol. The van der Waals surface area contributed by atoms with Crippen molar-refractivity contribution in [2.75, 3.05) is 6.54 Å². The van der Waals surface area contributed by atoms with Crippen molar-refractivity contribution in [3.05, 3.63) is 34.9 Å². The van der Waals surface area contributed by atoms with Crippen molar-refractivity contribution in [3.8, 4) is 0 Å². The third-order valence-corrected chi connectivity index (χ3v) is 4.29. The maximum absolute atomic E-state index is 9.95. The SMILES string of the molecule is OC(CNC(c1ccc(Cl)cc1)C1CC1)C1CC1. The highest BCUT2D eigenvalue weighted by Crippen LogP contribution is 2.41. The number of hydrogen-bond donors (Lipinski definition) is 2. The van der Waals surface area contributed by atoms with E-state index in [0.29, 0.717) is 18.5 Å². The van der Waals surface area contributed by atoms with E-state index < -0.39 is 0 Å². The molecular formula is C15H20ClNO. The second-order valence-electron chi connectivity index (χ2n) is 5.68. The number of rotatable bonds is 6. The van der Waals surface area contributed by atoms with Crippen LogP contribution in [0.1, 0.15) is 37.3 Å². The first-order valence-corrected chi connectivity index (χ1v) is 7.29. The monoisotopic (exact) mass is 265 g/mol. The van der Waals surface area contributed by atoms with Crippen LogP contribution in [0.2, 0.25) is 5.02 Å². The molecule has 0 aromatic heterocycles. The van der Waals surface area contributed by atoms with Gasteiger partial charge in [-0.1, -0.05) is 23.7 Å². The first-order chi connectivity index (χ1) is 8.74. The predicted octanol–water partition coefficient (Wildman–Crippen LogP) is 3.15. The summed E-state index contributed by atoms with van der Waals surface area (Å²) < 4.78 is 0. The Kier molecular flexibility index (Phi) is 3.60. The fourth-order valence-corrected chi connectivity index (χ4v) is 2.68. The van der Waals surface area contributed by atoms with Crippen LogP contribution >= 0.6 is 11.6 Å². The lowest BCUT2D eigenvalue weighted by Crippen LogP contribution is -2.32. The lowest BCUT2D eigenvalue weighted by molar-refractivity contribution is 0.143. The van der Waals surface area contributed by atoms with Crippen molar-refractivity contribution < 1.29 is 5.11 Å². The maximum atomic E-state index is 9.95. The second kappa shape index (κ2) is 5.20. The van der Waals surface area contributed by atoms with Crippen LogP contribution in [0.3, 0.4) is 0 Å². The summed E-state index contributed by atoms with van der Waals surface area (Å²) in [6.07, 6.45) is 4.80. The van der Waals surface area contributed by atoms with E-state index in [0.717, 1.165) is 10.9 Å². The van der Waals surface area contributed by atoms with Crippen LogP contribution < -0.4 is 5.32 Å². The van der Waals surface area contributed by atoms with Crippen molar-refractivity contribution >= 4 is 11.6 Å². The molecule has 3 heteroatoms. The lowest BCUT2D eigenvalue weighted by Gasteiger charge is -2.21. The third kappa shape index (κ3) is 3.05. The molecule has 2 N–H and O–H groups in total. The number of aliphatic hydroxyl groups excluding tert-OH is 1. The minimum absolute atomic E-state index is 0.168. The summed E-state index contributed by atoms with van der Waals surface area (Å²) in [5.74, 6) is 1.28. The molecule has 1 aromatic carbocycles. The van der Waals surface area contributed by atoms with Gasteiger partial charge >= 0.3 is 0 Å². The van der Waals surface area contributed by atoms with E-state index in [9.17, 15) is 5.11 Å². The molecule has 0 aliphatic heterocycles. The molecule has 0 amide bonds. The van der Waals surface area contributed by atoms with Crippen LogP contribution in [0, 0.1) is 11.8 Å². The van der Waals surface area contributed by atoms with E-state index in [-0.39, 0.29) is 6.10 Å². The molecule has 2 aliphatic carbocycles. The summed E-state index contributed by atoms with van der Waals surface area (Å²) in [6.45, 7) is 0.717. The second-order valence-corrected chi connectivity index (χ2v) is 6.12. The van der Waals surface area contributed by atoms with Gasteiger partial charge < -0.3 is 10.4 Å². The highest BCUT2D eigenvalue weighted by atomic mass is 35.5. The molecule has 0 saturated heterocycles. The number of halogens is 1. The van der Waals surface area contributed by atoms with Crippen molar-refractivity contribution in [2.45, 2.75) is 37.8 Å². The molecule has 18 heavy (non-hydrogen) atoms. The summed E-state index contributed by atoms with van der Waals surface area (Å²) in [7, 11) is 0. The largest absolute Gasteiger partial charge is 0.392 e. The Morgan fingerprint density at radius 2 is 1.72 bits per heavy atom. The van der Waals surface area contributed by atoms with Crippen LogP contribution in [-0.2, 0) is 0 Å². The minimum atomic E-state index is -0.168. The lowest BCUT2D eigenvalue weighted by atomic mass is 10.0. The van der Waals surface area contributed by atoms with Gasteiger partial charge in [0.05, 0.1) is 6.10 Å². The van der Waals surface area contributed by atoms with Gasteiger partial charge in [-0.3, -0.25) is 0 Å². The quantitative estimate of drug-likeness (QED) is 0.828. The molecule has 2 unspecified atom stereocenters. The van der Waals surface area contributed by atoms with Gasteiger partial charge in [-0.05, 0) is 55.2 Å². The van der Waals surface area contributed by atoms with Crippen molar-refractivity contribution in [1.82, 2.24) is 5.32 Å². The van der Waals surface area contributed by atoms with Gasteiger partial charge in [-0.25, -0.2) is 0 Å². The van der Waals surface area contributed by atoms with Gasteiger partial charge in [0, 0.05) is 17.6 Å². The van der Waals surface area contributed by atoms with Crippen LogP contribution in [0.15, 0.2) is 24.3 Å². The van der Waals surface area contributed by atoms with Gasteiger partial charge in [-0.15, -0.1) is 0 Å². The van der Waals surface area contributed by atoms with E-state index in [1.165, 1.54) is 31.2 Å². The fraction of sp³-hybridized carbons (Fsp3) is 0.600. The molecule has 2 atom stereocenters. The molecule has 0 spiro atoms. The van der Waals surface area contributed by atoms with Gasteiger partial charge in [-0.2, -0.15) is 0 Å². The minimum Gasteiger partial charge on any atom is -0.392 e. The van der Waals surface area contributed by atoms with E-state index in [2.05, 4.69) is 17.4 Å².